The molecule has 1 aliphatic heterocycles. The van der Waals surface area contributed by atoms with Crippen molar-refractivity contribution in [1.82, 2.24) is 15.3 Å². The number of halogens is 1. The number of hydrogen-bond donors (Lipinski definition) is 2. The third-order valence-electron chi connectivity index (χ3n) is 4.65. The topological polar surface area (TPSA) is 44.0 Å². The smallest absolute Gasteiger partial charge is 0.0922 e. The summed E-state index contributed by atoms with van der Waals surface area (Å²) in [6.45, 7) is 2.68. The van der Waals surface area contributed by atoms with Gasteiger partial charge in [0.2, 0.25) is 0 Å². The summed E-state index contributed by atoms with van der Waals surface area (Å²) >= 11 is 3.60. The van der Waals surface area contributed by atoms with Crippen LogP contribution in [0.4, 0.5) is 5.69 Å². The average Bonchev–Trinajstić information content (AvgIpc) is 3.07. The SMILES string of the molecule is Brc1ccc2c(c1)CN[C@H](Cc1ccccc1)CN2Cc1cnc[nH]1. The minimum Gasteiger partial charge on any atom is -0.364 e. The van der Waals surface area contributed by atoms with Crippen LogP contribution in [-0.2, 0) is 19.5 Å². The summed E-state index contributed by atoms with van der Waals surface area (Å²) < 4.78 is 1.12. The predicted molar refractivity (Wildman–Crippen MR) is 105 cm³/mol. The molecule has 25 heavy (non-hydrogen) atoms. The van der Waals surface area contributed by atoms with E-state index in [-0.39, 0.29) is 0 Å². The quantitative estimate of drug-likeness (QED) is 0.702. The molecule has 1 aliphatic rings. The van der Waals surface area contributed by atoms with Gasteiger partial charge in [-0.2, -0.15) is 0 Å². The van der Waals surface area contributed by atoms with Crippen LogP contribution in [-0.4, -0.2) is 22.6 Å². The fourth-order valence-electron chi connectivity index (χ4n) is 3.45. The van der Waals surface area contributed by atoms with E-state index in [1.165, 1.54) is 16.8 Å². The molecule has 0 saturated heterocycles. The molecule has 0 unspecified atom stereocenters. The number of rotatable bonds is 4. The third-order valence-corrected chi connectivity index (χ3v) is 5.14. The second-order valence-electron chi connectivity index (χ2n) is 6.50. The number of imidazole rings is 1. The van der Waals surface area contributed by atoms with E-state index in [0.717, 1.165) is 36.2 Å². The van der Waals surface area contributed by atoms with Crippen LogP contribution >= 0.6 is 15.9 Å². The first-order chi connectivity index (χ1) is 12.3. The molecular formula is C20H21BrN4. The van der Waals surface area contributed by atoms with Crippen LogP contribution in [0.5, 0.6) is 0 Å². The highest BCUT2D eigenvalue weighted by molar-refractivity contribution is 9.10. The molecule has 1 atom stereocenters. The normalized spacial score (nSPS) is 17.2. The Morgan fingerprint density at radius 1 is 1.16 bits per heavy atom. The van der Waals surface area contributed by atoms with Gasteiger partial charge in [0.15, 0.2) is 0 Å². The van der Waals surface area contributed by atoms with E-state index in [1.54, 1.807) is 6.33 Å². The number of H-pyrrole nitrogens is 1. The van der Waals surface area contributed by atoms with Gasteiger partial charge in [0.25, 0.3) is 0 Å². The Hall–Kier alpha value is -2.11. The molecule has 0 radical (unpaired) electrons. The van der Waals surface area contributed by atoms with Gasteiger partial charge in [0.1, 0.15) is 0 Å². The second-order valence-corrected chi connectivity index (χ2v) is 7.41. The fourth-order valence-corrected chi connectivity index (χ4v) is 3.86. The summed E-state index contributed by atoms with van der Waals surface area (Å²) in [6, 6.07) is 17.6. The number of fused-ring (bicyclic) bond motifs is 1. The van der Waals surface area contributed by atoms with Gasteiger partial charge in [-0.25, -0.2) is 4.98 Å². The van der Waals surface area contributed by atoms with Gasteiger partial charge in [0, 0.05) is 35.5 Å². The predicted octanol–water partition coefficient (Wildman–Crippen LogP) is 3.89. The van der Waals surface area contributed by atoms with E-state index >= 15 is 0 Å². The lowest BCUT2D eigenvalue weighted by Crippen LogP contribution is -2.39. The van der Waals surface area contributed by atoms with E-state index in [2.05, 4.69) is 84.6 Å². The summed E-state index contributed by atoms with van der Waals surface area (Å²) in [7, 11) is 0. The molecule has 1 aromatic heterocycles. The van der Waals surface area contributed by atoms with Gasteiger partial charge >= 0.3 is 0 Å². The number of hydrogen-bond acceptors (Lipinski definition) is 3. The zero-order valence-corrected chi connectivity index (χ0v) is 15.5. The highest BCUT2D eigenvalue weighted by Gasteiger charge is 2.22. The van der Waals surface area contributed by atoms with Crippen LogP contribution in [0.15, 0.2) is 65.5 Å². The molecule has 2 aromatic carbocycles. The van der Waals surface area contributed by atoms with Crippen molar-refractivity contribution in [2.24, 2.45) is 0 Å². The Morgan fingerprint density at radius 3 is 2.84 bits per heavy atom. The van der Waals surface area contributed by atoms with E-state index in [9.17, 15) is 0 Å². The molecule has 0 amide bonds. The highest BCUT2D eigenvalue weighted by Crippen LogP contribution is 2.28. The van der Waals surface area contributed by atoms with Crippen molar-refractivity contribution in [2.45, 2.75) is 25.6 Å². The Morgan fingerprint density at radius 2 is 2.04 bits per heavy atom. The summed E-state index contributed by atoms with van der Waals surface area (Å²) in [5.41, 5.74) is 5.12. The van der Waals surface area contributed by atoms with Crippen LogP contribution < -0.4 is 10.2 Å². The number of benzene rings is 2. The van der Waals surface area contributed by atoms with Crippen LogP contribution in [0.3, 0.4) is 0 Å². The van der Waals surface area contributed by atoms with Gasteiger partial charge < -0.3 is 15.2 Å². The molecule has 5 heteroatoms. The number of nitrogens with one attached hydrogen (secondary N) is 2. The first-order valence-electron chi connectivity index (χ1n) is 8.56. The van der Waals surface area contributed by atoms with Crippen molar-refractivity contribution in [3.05, 3.63) is 82.3 Å². The summed E-state index contributed by atoms with van der Waals surface area (Å²) in [4.78, 5) is 9.84. The van der Waals surface area contributed by atoms with Gasteiger partial charge in [0.05, 0.1) is 18.6 Å². The average molecular weight is 397 g/mol. The van der Waals surface area contributed by atoms with Crippen molar-refractivity contribution in [3.63, 3.8) is 0 Å². The zero-order chi connectivity index (χ0) is 17.1. The molecule has 0 spiro atoms. The van der Waals surface area contributed by atoms with E-state index < -0.39 is 0 Å². The van der Waals surface area contributed by atoms with Crippen molar-refractivity contribution >= 4 is 21.6 Å². The zero-order valence-electron chi connectivity index (χ0n) is 14.0. The maximum Gasteiger partial charge on any atom is 0.0922 e. The Labute approximate surface area is 156 Å². The first kappa shape index (κ1) is 16.4. The molecule has 128 valence electrons. The van der Waals surface area contributed by atoms with Crippen molar-refractivity contribution in [1.29, 1.82) is 0 Å². The largest absolute Gasteiger partial charge is 0.364 e. The Balaban J connectivity index is 1.60. The third kappa shape index (κ3) is 3.94. The van der Waals surface area contributed by atoms with Crippen molar-refractivity contribution in [3.8, 4) is 0 Å². The maximum absolute atomic E-state index is 4.16. The molecule has 0 saturated carbocycles. The van der Waals surface area contributed by atoms with E-state index in [0.29, 0.717) is 6.04 Å². The monoisotopic (exact) mass is 396 g/mol. The van der Waals surface area contributed by atoms with Gasteiger partial charge in [-0.05, 0) is 35.7 Å². The first-order valence-corrected chi connectivity index (χ1v) is 9.35. The van der Waals surface area contributed by atoms with Crippen LogP contribution in [0.2, 0.25) is 0 Å². The Bertz CT molecular complexity index is 817. The van der Waals surface area contributed by atoms with Crippen molar-refractivity contribution in [2.75, 3.05) is 11.4 Å². The minimum atomic E-state index is 0.400. The van der Waals surface area contributed by atoms with E-state index in [1.807, 2.05) is 6.20 Å². The summed E-state index contributed by atoms with van der Waals surface area (Å²) in [5, 5.41) is 3.73. The van der Waals surface area contributed by atoms with Crippen LogP contribution in [0, 0.1) is 0 Å². The molecular weight excluding hydrogens is 376 g/mol. The van der Waals surface area contributed by atoms with Crippen LogP contribution in [0.1, 0.15) is 16.8 Å². The molecule has 4 nitrogen and oxygen atoms in total. The number of anilines is 1. The van der Waals surface area contributed by atoms with Crippen molar-refractivity contribution < 1.29 is 0 Å². The molecule has 0 bridgehead atoms. The van der Waals surface area contributed by atoms with Crippen LogP contribution in [0.25, 0.3) is 0 Å². The molecule has 3 aromatic rings. The van der Waals surface area contributed by atoms with E-state index in [4.69, 9.17) is 0 Å². The lowest BCUT2D eigenvalue weighted by molar-refractivity contribution is 0.511. The standard InChI is InChI=1S/C20H21BrN4/c21-17-6-7-20-16(9-17)10-23-18(8-15-4-2-1-3-5-15)12-25(20)13-19-11-22-14-24-19/h1-7,9,11,14,18,23H,8,10,12-13H2,(H,22,24)/t18-/m1/s1. The molecule has 2 N–H and O–H groups in total. The summed E-state index contributed by atoms with van der Waals surface area (Å²) in [6.07, 6.45) is 4.67. The Kier molecular flexibility index (Phi) is 4.85. The lowest BCUT2D eigenvalue weighted by Gasteiger charge is -2.27. The van der Waals surface area contributed by atoms with Gasteiger partial charge in [-0.15, -0.1) is 0 Å². The lowest BCUT2D eigenvalue weighted by atomic mass is 10.1. The minimum absolute atomic E-state index is 0.400. The number of aromatic amines is 1. The fraction of sp³-hybridized carbons (Fsp3) is 0.250. The molecule has 4 rings (SSSR count). The number of aromatic nitrogens is 2. The maximum atomic E-state index is 4.16. The van der Waals surface area contributed by atoms with Gasteiger partial charge in [-0.1, -0.05) is 46.3 Å². The molecule has 2 heterocycles. The number of nitrogens with zero attached hydrogens (tertiary/aromatic N) is 2. The molecule has 0 aliphatic carbocycles. The summed E-state index contributed by atoms with van der Waals surface area (Å²) in [5.74, 6) is 0. The highest BCUT2D eigenvalue weighted by atomic mass is 79.9. The molecule has 0 fully saturated rings. The second kappa shape index (κ2) is 7.42. The van der Waals surface area contributed by atoms with Gasteiger partial charge in [-0.3, -0.25) is 0 Å².